The molecule has 8 N–H and O–H groups in total. The minimum absolute atomic E-state index is 0.0171. The highest BCUT2D eigenvalue weighted by Crippen LogP contribution is 2.35. The van der Waals surface area contributed by atoms with Crippen molar-refractivity contribution in [3.8, 4) is 23.0 Å². The highest BCUT2D eigenvalue weighted by atomic mass is 35.5. The minimum atomic E-state index is -0.658. The molecule has 9 rings (SSSR count). The number of hydrazine groups is 1. The van der Waals surface area contributed by atoms with Crippen LogP contribution in [0, 0.1) is 0 Å². The first-order valence-corrected chi connectivity index (χ1v) is 24.1. The smallest absolute Gasteiger partial charge is 0.277 e. The van der Waals surface area contributed by atoms with Crippen LogP contribution in [0.5, 0.6) is 11.5 Å². The molecule has 5 heterocycles. The molecule has 23 heteroatoms. The van der Waals surface area contributed by atoms with Crippen molar-refractivity contribution in [2.45, 2.75) is 26.1 Å². The topological polar surface area (TPSA) is 268 Å². The first-order chi connectivity index (χ1) is 35.6. The van der Waals surface area contributed by atoms with Crippen molar-refractivity contribution >= 4 is 69.7 Å². The molecule has 2 amide bonds. The molecule has 0 atom stereocenters. The van der Waals surface area contributed by atoms with Crippen molar-refractivity contribution in [3.05, 3.63) is 142 Å². The molecule has 2 aliphatic heterocycles. The standard InChI is InChI=1S/C25H28ClN7O4.C25H26ClN7O3/c26-19-14-18(6-7-20(19)37-15-17-4-2-1-3-5-17)30-24-22(23(27)28-16-29-24)25(35)32-31-21(34)8-9-33-10-12-36-13-11-33;26-19-14-18(6-7-20(19)35-15-17-4-2-1-3-5-17)30-24-22(23(27)28-16-29-24)25-32-31-21(36-25)8-9-33-10-12-34-13-11-33/h1-7,14,16H,8-13,15H2,(H,31,34)(H,32,35)(H3,27,28,29,30);1-7,14,16H,8-13,15H2,(H3,27,28,29,30). The molecule has 2 saturated heterocycles. The SMILES string of the molecule is Nc1ncnc(Nc2ccc(OCc3ccccc3)c(Cl)c2)c1-c1nnc(CCN2CCOCC2)o1.Nc1ncnc(Nc2ccc(OCc3ccccc3)c(Cl)c2)c1C(=O)NNC(=O)CCN1CCOCC1. The van der Waals surface area contributed by atoms with E-state index in [1.165, 1.54) is 12.7 Å². The third-order valence-corrected chi connectivity index (χ3v) is 11.9. The van der Waals surface area contributed by atoms with Crippen LogP contribution in [0.25, 0.3) is 11.5 Å². The number of ether oxygens (including phenoxy) is 4. The molecule has 0 bridgehead atoms. The number of anilines is 6. The predicted octanol–water partition coefficient (Wildman–Crippen LogP) is 6.48. The third kappa shape index (κ3) is 15.2. The fourth-order valence-electron chi connectivity index (χ4n) is 7.43. The first-order valence-electron chi connectivity index (χ1n) is 23.3. The van der Waals surface area contributed by atoms with E-state index in [-0.39, 0.29) is 41.2 Å². The number of carbonyl (C=O) groups excluding carboxylic acids is 2. The molecule has 0 radical (unpaired) electrons. The van der Waals surface area contributed by atoms with Crippen LogP contribution in [-0.2, 0) is 33.9 Å². The van der Waals surface area contributed by atoms with E-state index in [0.29, 0.717) is 89.6 Å². The molecule has 7 aromatic rings. The number of hydrogen-bond acceptors (Lipinski definition) is 19. The fourth-order valence-corrected chi connectivity index (χ4v) is 7.90. The van der Waals surface area contributed by atoms with Gasteiger partial charge in [0.25, 0.3) is 11.8 Å². The number of nitrogens with one attached hydrogen (secondary N) is 4. The quantitative estimate of drug-likeness (QED) is 0.0502. The Morgan fingerprint density at radius 2 is 1.16 bits per heavy atom. The van der Waals surface area contributed by atoms with Gasteiger partial charge in [-0.1, -0.05) is 83.9 Å². The maximum atomic E-state index is 12.8. The average Bonchev–Trinajstić information content (AvgIpc) is 3.88. The first kappa shape index (κ1) is 51.7. The van der Waals surface area contributed by atoms with Crippen molar-refractivity contribution < 1.29 is 33.0 Å². The number of halogens is 2. The number of nitrogens with two attached hydrogens (primary N) is 2. The fraction of sp³-hybridized carbons (Fsp3) is 0.280. The van der Waals surface area contributed by atoms with Gasteiger partial charge in [-0.25, -0.2) is 19.9 Å². The molecule has 2 fully saturated rings. The summed E-state index contributed by atoms with van der Waals surface area (Å²) in [5.41, 5.74) is 20.7. The number of carbonyl (C=O) groups is 2. The number of morpholine rings is 2. The lowest BCUT2D eigenvalue weighted by atomic mass is 10.2. The summed E-state index contributed by atoms with van der Waals surface area (Å²) in [7, 11) is 0. The van der Waals surface area contributed by atoms with Crippen molar-refractivity contribution in [1.82, 2.24) is 50.8 Å². The summed E-state index contributed by atoms with van der Waals surface area (Å²) in [5, 5.41) is 15.5. The molecular formula is C50H54Cl2N14O7. The number of rotatable bonds is 18. The van der Waals surface area contributed by atoms with Crippen LogP contribution in [0.2, 0.25) is 10.0 Å². The van der Waals surface area contributed by atoms with E-state index in [9.17, 15) is 9.59 Å². The van der Waals surface area contributed by atoms with E-state index >= 15 is 0 Å². The van der Waals surface area contributed by atoms with Crippen molar-refractivity contribution in [1.29, 1.82) is 0 Å². The Hall–Kier alpha value is -7.66. The maximum absolute atomic E-state index is 12.8. The summed E-state index contributed by atoms with van der Waals surface area (Å²) >= 11 is 12.9. The van der Waals surface area contributed by atoms with Crippen LogP contribution in [0.15, 0.2) is 114 Å². The van der Waals surface area contributed by atoms with Gasteiger partial charge < -0.3 is 45.5 Å². The Morgan fingerprint density at radius 3 is 1.74 bits per heavy atom. The molecule has 73 heavy (non-hydrogen) atoms. The van der Waals surface area contributed by atoms with Crippen LogP contribution in [0.3, 0.4) is 0 Å². The van der Waals surface area contributed by atoms with E-state index in [0.717, 1.165) is 57.1 Å². The number of hydrogen-bond donors (Lipinski definition) is 6. The van der Waals surface area contributed by atoms with Crippen LogP contribution in [-0.4, -0.2) is 117 Å². The number of amides is 2. The second kappa shape index (κ2) is 26.2. The van der Waals surface area contributed by atoms with Gasteiger partial charge in [-0.05, 0) is 47.5 Å². The zero-order valence-corrected chi connectivity index (χ0v) is 41.1. The highest BCUT2D eigenvalue weighted by Gasteiger charge is 2.22. The molecule has 2 aliphatic rings. The molecule has 3 aromatic heterocycles. The van der Waals surface area contributed by atoms with Gasteiger partial charge >= 0.3 is 0 Å². The van der Waals surface area contributed by atoms with Gasteiger partial charge in [-0.3, -0.25) is 30.2 Å². The number of nitrogen functional groups attached to an aromatic ring is 2. The predicted molar refractivity (Wildman–Crippen MR) is 276 cm³/mol. The summed E-state index contributed by atoms with van der Waals surface area (Å²) < 4.78 is 28.3. The summed E-state index contributed by atoms with van der Waals surface area (Å²) in [5.74, 6) is 1.64. The Labute approximate surface area is 430 Å². The molecular weight excluding hydrogens is 980 g/mol. The van der Waals surface area contributed by atoms with Crippen LogP contribution < -0.4 is 42.4 Å². The van der Waals surface area contributed by atoms with E-state index in [1.54, 1.807) is 30.3 Å². The van der Waals surface area contributed by atoms with Gasteiger partial charge in [0.15, 0.2) is 0 Å². The van der Waals surface area contributed by atoms with E-state index in [2.05, 4.69) is 61.4 Å². The Morgan fingerprint density at radius 1 is 0.630 bits per heavy atom. The van der Waals surface area contributed by atoms with Gasteiger partial charge in [-0.2, -0.15) is 0 Å². The molecule has 0 aliphatic carbocycles. The second-order valence-electron chi connectivity index (χ2n) is 16.5. The van der Waals surface area contributed by atoms with Gasteiger partial charge in [-0.15, -0.1) is 10.2 Å². The number of benzene rings is 4. The van der Waals surface area contributed by atoms with Gasteiger partial charge in [0, 0.05) is 63.5 Å². The van der Waals surface area contributed by atoms with Crippen LogP contribution in [0.4, 0.5) is 34.6 Å². The summed E-state index contributed by atoms with van der Waals surface area (Å²) in [6.45, 7) is 8.30. The Kier molecular flexibility index (Phi) is 18.5. The number of nitrogens with zero attached hydrogens (tertiary/aromatic N) is 8. The monoisotopic (exact) mass is 1030 g/mol. The lowest BCUT2D eigenvalue weighted by Crippen LogP contribution is -2.44. The molecule has 0 saturated carbocycles. The maximum Gasteiger partial charge on any atom is 0.277 e. The molecule has 0 spiro atoms. The average molecular weight is 1030 g/mol. The zero-order chi connectivity index (χ0) is 50.8. The van der Waals surface area contributed by atoms with E-state index in [1.807, 2.05) is 66.7 Å². The van der Waals surface area contributed by atoms with Crippen molar-refractivity contribution in [3.63, 3.8) is 0 Å². The van der Waals surface area contributed by atoms with Gasteiger partial charge in [0.05, 0.1) is 36.5 Å². The summed E-state index contributed by atoms with van der Waals surface area (Å²) in [6, 6.07) is 30.1. The zero-order valence-electron chi connectivity index (χ0n) is 39.6. The largest absolute Gasteiger partial charge is 0.487 e. The van der Waals surface area contributed by atoms with E-state index in [4.69, 9.17) is 58.0 Å². The van der Waals surface area contributed by atoms with Gasteiger partial charge in [0.1, 0.15) is 71.8 Å². The normalized spacial score (nSPS) is 13.8. The summed E-state index contributed by atoms with van der Waals surface area (Å²) in [4.78, 5) is 45.9. The lowest BCUT2D eigenvalue weighted by molar-refractivity contribution is -0.122. The minimum Gasteiger partial charge on any atom is -0.487 e. The molecule has 0 unspecified atom stereocenters. The van der Waals surface area contributed by atoms with Crippen molar-refractivity contribution in [2.75, 3.05) is 87.8 Å². The van der Waals surface area contributed by atoms with Crippen LogP contribution in [0.1, 0.15) is 33.8 Å². The highest BCUT2D eigenvalue weighted by molar-refractivity contribution is 6.32. The number of aromatic nitrogens is 6. The van der Waals surface area contributed by atoms with Crippen molar-refractivity contribution in [2.24, 2.45) is 0 Å². The Balaban J connectivity index is 0.000000195. The summed E-state index contributed by atoms with van der Waals surface area (Å²) in [6.07, 6.45) is 3.46. The Bertz CT molecular complexity index is 2910. The molecule has 4 aromatic carbocycles. The molecule has 380 valence electrons. The third-order valence-electron chi connectivity index (χ3n) is 11.3. The van der Waals surface area contributed by atoms with E-state index < -0.39 is 5.91 Å². The van der Waals surface area contributed by atoms with Crippen LogP contribution >= 0.6 is 23.2 Å². The molecule has 21 nitrogen and oxygen atoms in total. The van der Waals surface area contributed by atoms with Gasteiger partial charge in [0.2, 0.25) is 11.8 Å². The second-order valence-corrected chi connectivity index (χ2v) is 17.3. The lowest BCUT2D eigenvalue weighted by Gasteiger charge is -2.26.